The van der Waals surface area contributed by atoms with Gasteiger partial charge in [0, 0.05) is 11.8 Å². The van der Waals surface area contributed by atoms with Crippen LogP contribution in [0.4, 0.5) is 0 Å². The van der Waals surface area contributed by atoms with Gasteiger partial charge in [0.15, 0.2) is 35.7 Å². The molecule has 7 nitrogen and oxygen atoms in total. The Bertz CT molecular complexity index is 1210. The lowest BCUT2D eigenvalue weighted by Gasteiger charge is -2.19. The average molecular weight is 428 g/mol. The van der Waals surface area contributed by atoms with Gasteiger partial charge in [0.1, 0.15) is 5.56 Å². The fraction of sp³-hybridized carbons (Fsp3) is 0.273. The van der Waals surface area contributed by atoms with Gasteiger partial charge in [-0.2, -0.15) is 4.57 Å². The van der Waals surface area contributed by atoms with Crippen LogP contribution in [-0.2, 0) is 17.7 Å². The van der Waals surface area contributed by atoms with Gasteiger partial charge in [0.05, 0.1) is 17.6 Å². The number of hydrogen-bond acceptors (Lipinski definition) is 6. The molecule has 0 amide bonds. The molecular formula is C22H18ClNO6. The molecule has 3 aliphatic rings. The average Bonchev–Trinajstić information content (AvgIpc) is 3.39. The summed E-state index contributed by atoms with van der Waals surface area (Å²) in [7, 11) is 0. The van der Waals surface area contributed by atoms with Crippen molar-refractivity contribution in [1.82, 2.24) is 0 Å². The molecule has 0 saturated carbocycles. The number of nitrogens with zero attached hydrogens (tertiary/aromatic N) is 1. The molecule has 3 aromatic rings. The highest BCUT2D eigenvalue weighted by atomic mass is 35.5. The lowest BCUT2D eigenvalue weighted by atomic mass is 9.91. The highest BCUT2D eigenvalue weighted by Gasteiger charge is 2.36. The molecule has 0 atom stereocenters. The van der Waals surface area contributed by atoms with Crippen molar-refractivity contribution in [2.75, 3.05) is 20.2 Å². The van der Waals surface area contributed by atoms with E-state index in [0.717, 1.165) is 46.3 Å². The number of rotatable bonds is 2. The minimum absolute atomic E-state index is 0. The Balaban J connectivity index is 0.00000193. The predicted octanol–water partition coefficient (Wildman–Crippen LogP) is -0.0115. The molecule has 0 fully saturated rings. The number of halogens is 1. The van der Waals surface area contributed by atoms with Gasteiger partial charge in [0.25, 0.3) is 0 Å². The van der Waals surface area contributed by atoms with Crippen LogP contribution < -0.4 is 35.9 Å². The van der Waals surface area contributed by atoms with Gasteiger partial charge < -0.3 is 36.1 Å². The predicted molar refractivity (Wildman–Crippen MR) is 101 cm³/mol. The molecule has 2 aromatic carbocycles. The van der Waals surface area contributed by atoms with E-state index in [0.29, 0.717) is 29.4 Å². The molecule has 0 radical (unpaired) electrons. The van der Waals surface area contributed by atoms with Crippen LogP contribution in [0.15, 0.2) is 30.5 Å². The number of carbonyl (C=O) groups is 1. The molecule has 0 unspecified atom stereocenters. The van der Waals surface area contributed by atoms with Gasteiger partial charge in [0.2, 0.25) is 19.3 Å². The van der Waals surface area contributed by atoms with E-state index in [2.05, 4.69) is 4.57 Å². The Morgan fingerprint density at radius 1 is 1.03 bits per heavy atom. The van der Waals surface area contributed by atoms with Crippen molar-refractivity contribution >= 4 is 16.7 Å². The van der Waals surface area contributed by atoms with Crippen molar-refractivity contribution in [2.45, 2.75) is 19.9 Å². The second-order valence-electron chi connectivity index (χ2n) is 7.14. The lowest BCUT2D eigenvalue weighted by Crippen LogP contribution is -3.00. The van der Waals surface area contributed by atoms with Gasteiger partial charge in [-0.3, -0.25) is 0 Å². The Morgan fingerprint density at radius 3 is 2.63 bits per heavy atom. The van der Waals surface area contributed by atoms with Crippen LogP contribution in [0.2, 0.25) is 0 Å². The summed E-state index contributed by atoms with van der Waals surface area (Å²) in [4.78, 5) is 13.1. The Kier molecular flexibility index (Phi) is 4.36. The van der Waals surface area contributed by atoms with Crippen molar-refractivity contribution in [3.63, 3.8) is 0 Å². The molecule has 30 heavy (non-hydrogen) atoms. The van der Waals surface area contributed by atoms with Crippen LogP contribution in [0.1, 0.15) is 22.8 Å². The second-order valence-corrected chi connectivity index (χ2v) is 7.14. The largest absolute Gasteiger partial charge is 1.00 e. The normalized spacial score (nSPS) is 14.7. The van der Waals surface area contributed by atoms with Crippen LogP contribution >= 0.6 is 0 Å². The first-order valence-electron chi connectivity index (χ1n) is 9.63. The Morgan fingerprint density at radius 2 is 1.80 bits per heavy atom. The molecule has 6 rings (SSSR count). The van der Waals surface area contributed by atoms with E-state index in [1.54, 1.807) is 0 Å². The number of fused-ring (bicyclic) bond motifs is 7. The van der Waals surface area contributed by atoms with E-state index in [1.165, 1.54) is 0 Å². The van der Waals surface area contributed by atoms with Gasteiger partial charge in [-0.1, -0.05) is 0 Å². The number of carbonyl (C=O) groups excluding carboxylic acids is 1. The van der Waals surface area contributed by atoms with Crippen molar-refractivity contribution < 1.29 is 45.5 Å². The SMILES string of the molecule is CCOC(=O)c1c2[n+](cc3c4c(ccc13)OCO4)CCc1cc3c(cc1-2)OCO3.[Cl-]. The molecule has 1 aromatic heterocycles. The summed E-state index contributed by atoms with van der Waals surface area (Å²) >= 11 is 0. The van der Waals surface area contributed by atoms with E-state index >= 15 is 0 Å². The fourth-order valence-corrected chi connectivity index (χ4v) is 4.36. The maximum Gasteiger partial charge on any atom is 0.345 e. The number of benzene rings is 2. The van der Waals surface area contributed by atoms with Crippen molar-refractivity contribution in [3.8, 4) is 34.3 Å². The first-order chi connectivity index (χ1) is 14.2. The molecule has 0 saturated heterocycles. The third-order valence-corrected chi connectivity index (χ3v) is 5.61. The zero-order valence-corrected chi connectivity index (χ0v) is 17.0. The van der Waals surface area contributed by atoms with E-state index < -0.39 is 0 Å². The highest BCUT2D eigenvalue weighted by molar-refractivity contribution is 6.10. The van der Waals surface area contributed by atoms with E-state index in [9.17, 15) is 4.79 Å². The van der Waals surface area contributed by atoms with Crippen LogP contribution in [0.3, 0.4) is 0 Å². The van der Waals surface area contributed by atoms with Crippen LogP contribution in [0.5, 0.6) is 23.0 Å². The molecule has 0 N–H and O–H groups in total. The molecule has 154 valence electrons. The Labute approximate surface area is 178 Å². The number of ether oxygens (including phenoxy) is 5. The monoisotopic (exact) mass is 427 g/mol. The zero-order valence-electron chi connectivity index (χ0n) is 16.2. The van der Waals surface area contributed by atoms with E-state index in [4.69, 9.17) is 23.7 Å². The standard InChI is InChI=1S/C22H18NO6.ClH/c1-2-25-22(24)19-13-3-4-16-21(29-11-26-16)15(13)9-23-6-5-12-7-17-18(28-10-27-17)8-14(12)20(19)23;/h3-4,7-9H,2,5-6,10-11H2,1H3;1H/q+1;/p-1. The van der Waals surface area contributed by atoms with E-state index in [-0.39, 0.29) is 32.0 Å². The van der Waals surface area contributed by atoms with Crippen LogP contribution in [-0.4, -0.2) is 26.2 Å². The van der Waals surface area contributed by atoms with Crippen molar-refractivity contribution in [1.29, 1.82) is 0 Å². The summed E-state index contributed by atoms with van der Waals surface area (Å²) in [5, 5.41) is 1.63. The highest BCUT2D eigenvalue weighted by Crippen LogP contribution is 2.44. The summed E-state index contributed by atoms with van der Waals surface area (Å²) in [5.74, 6) is 2.44. The third kappa shape index (κ3) is 2.58. The fourth-order valence-electron chi connectivity index (χ4n) is 4.36. The van der Waals surface area contributed by atoms with E-state index in [1.807, 2.05) is 37.4 Å². The number of pyridine rings is 1. The number of aromatic nitrogens is 1. The quantitative estimate of drug-likeness (QED) is 0.423. The minimum Gasteiger partial charge on any atom is -1.00 e. The molecular weight excluding hydrogens is 410 g/mol. The first kappa shape index (κ1) is 18.8. The summed E-state index contributed by atoms with van der Waals surface area (Å²) < 4.78 is 29.9. The molecule has 0 aliphatic carbocycles. The number of esters is 1. The van der Waals surface area contributed by atoms with Crippen LogP contribution in [0, 0.1) is 0 Å². The second kappa shape index (κ2) is 6.95. The maximum absolute atomic E-state index is 13.1. The zero-order chi connectivity index (χ0) is 19.5. The number of aryl methyl sites for hydroxylation is 2. The summed E-state index contributed by atoms with van der Waals surface area (Å²) in [6.45, 7) is 3.23. The lowest BCUT2D eigenvalue weighted by molar-refractivity contribution is -0.686. The third-order valence-electron chi connectivity index (χ3n) is 5.61. The topological polar surface area (TPSA) is 67.1 Å². The maximum atomic E-state index is 13.1. The molecule has 8 heteroatoms. The number of hydrogen-bond donors (Lipinski definition) is 0. The van der Waals surface area contributed by atoms with Gasteiger partial charge >= 0.3 is 5.97 Å². The first-order valence-corrected chi connectivity index (χ1v) is 9.63. The molecule has 0 spiro atoms. The van der Waals surface area contributed by atoms with Gasteiger partial charge in [-0.05, 0) is 36.8 Å². The van der Waals surface area contributed by atoms with Crippen LogP contribution in [0.25, 0.3) is 22.0 Å². The van der Waals surface area contributed by atoms with Gasteiger partial charge in [-0.25, -0.2) is 4.79 Å². The molecule has 3 aliphatic heterocycles. The summed E-state index contributed by atoms with van der Waals surface area (Å²) in [6.07, 6.45) is 2.86. The van der Waals surface area contributed by atoms with Crippen molar-refractivity contribution in [2.24, 2.45) is 0 Å². The smallest absolute Gasteiger partial charge is 0.345 e. The summed E-state index contributed by atoms with van der Waals surface area (Å²) in [5.41, 5.74) is 3.44. The molecule has 4 heterocycles. The minimum atomic E-state index is -0.355. The molecule has 0 bridgehead atoms. The summed E-state index contributed by atoms with van der Waals surface area (Å²) in [6, 6.07) is 7.72. The van der Waals surface area contributed by atoms with Gasteiger partial charge in [-0.15, -0.1) is 0 Å². The Hall–Kier alpha value is -3.19. The van der Waals surface area contributed by atoms with Crippen molar-refractivity contribution in [3.05, 3.63) is 41.6 Å².